The molecule has 1 fully saturated rings. The molecule has 0 heterocycles. The molecule has 1 aliphatic carbocycles. The molecule has 0 aliphatic heterocycles. The van der Waals surface area contributed by atoms with E-state index < -0.39 is 35.2 Å². The van der Waals surface area contributed by atoms with Crippen molar-refractivity contribution in [2.75, 3.05) is 7.11 Å². The van der Waals surface area contributed by atoms with E-state index in [-0.39, 0.29) is 12.2 Å². The standard InChI is InChI=1S/C26H29FO5/c1-24(2,3)32-23(29)26(27)22(19-10-12-21(31-4)13-11-19)16-20(28)17-25(26,30)15-14-18-8-6-5-7-9-18/h5-15,22,30H,16-17H2,1-4H3/b15-14+/t22-,25+,26-/m0/s1. The first kappa shape index (κ1) is 23.7. The molecular formula is C26H29FO5. The average molecular weight is 441 g/mol. The number of aliphatic hydroxyl groups is 1. The number of hydrogen-bond donors (Lipinski definition) is 1. The molecule has 0 aromatic heterocycles. The monoisotopic (exact) mass is 440 g/mol. The van der Waals surface area contributed by atoms with Gasteiger partial charge >= 0.3 is 5.97 Å². The lowest BCUT2D eigenvalue weighted by Crippen LogP contribution is -2.63. The van der Waals surface area contributed by atoms with Crippen LogP contribution in [0, 0.1) is 0 Å². The van der Waals surface area contributed by atoms with Gasteiger partial charge < -0.3 is 14.6 Å². The second-order valence-electron chi connectivity index (χ2n) is 9.13. The molecule has 1 N–H and O–H groups in total. The minimum Gasteiger partial charge on any atom is -0.497 e. The van der Waals surface area contributed by atoms with E-state index in [1.807, 2.05) is 6.07 Å². The van der Waals surface area contributed by atoms with Gasteiger partial charge in [0.25, 0.3) is 0 Å². The molecular weight excluding hydrogens is 411 g/mol. The number of esters is 1. The van der Waals surface area contributed by atoms with Gasteiger partial charge in [-0.3, -0.25) is 4.79 Å². The maximum absolute atomic E-state index is 17.0. The Kier molecular flexibility index (Phi) is 6.56. The van der Waals surface area contributed by atoms with Crippen molar-refractivity contribution in [3.63, 3.8) is 0 Å². The minimum atomic E-state index is -2.88. The first-order chi connectivity index (χ1) is 15.0. The van der Waals surface area contributed by atoms with Gasteiger partial charge in [-0.15, -0.1) is 0 Å². The number of carbonyl (C=O) groups is 2. The summed E-state index contributed by atoms with van der Waals surface area (Å²) in [7, 11) is 1.51. The van der Waals surface area contributed by atoms with E-state index in [1.54, 1.807) is 69.3 Å². The lowest BCUT2D eigenvalue weighted by atomic mass is 9.63. The quantitative estimate of drug-likeness (QED) is 0.686. The van der Waals surface area contributed by atoms with Crippen LogP contribution in [-0.4, -0.2) is 40.8 Å². The molecule has 170 valence electrons. The summed E-state index contributed by atoms with van der Waals surface area (Å²) in [6.45, 7) is 4.89. The highest BCUT2D eigenvalue weighted by molar-refractivity contribution is 5.92. The number of rotatable bonds is 5. The van der Waals surface area contributed by atoms with Crippen molar-refractivity contribution >= 4 is 17.8 Å². The third-order valence-electron chi connectivity index (χ3n) is 5.57. The Bertz CT molecular complexity index is 993. The number of methoxy groups -OCH3 is 1. The Balaban J connectivity index is 2.13. The molecule has 6 heteroatoms. The summed E-state index contributed by atoms with van der Waals surface area (Å²) in [6.07, 6.45) is 1.96. The molecule has 3 rings (SSSR count). The summed E-state index contributed by atoms with van der Waals surface area (Å²) in [4.78, 5) is 25.9. The predicted molar refractivity (Wildman–Crippen MR) is 120 cm³/mol. The molecule has 0 unspecified atom stereocenters. The molecule has 32 heavy (non-hydrogen) atoms. The largest absolute Gasteiger partial charge is 0.497 e. The number of carbonyl (C=O) groups excluding carboxylic acids is 2. The van der Waals surface area contributed by atoms with Crippen molar-refractivity contribution in [2.24, 2.45) is 0 Å². The van der Waals surface area contributed by atoms with Crippen molar-refractivity contribution in [1.29, 1.82) is 0 Å². The van der Waals surface area contributed by atoms with Crippen LogP contribution in [0.15, 0.2) is 60.7 Å². The van der Waals surface area contributed by atoms with Crippen LogP contribution in [0.2, 0.25) is 0 Å². The first-order valence-electron chi connectivity index (χ1n) is 10.5. The summed E-state index contributed by atoms with van der Waals surface area (Å²) in [5, 5.41) is 11.5. The number of ether oxygens (including phenoxy) is 2. The fraction of sp³-hybridized carbons (Fsp3) is 0.385. The van der Waals surface area contributed by atoms with Crippen LogP contribution in [-0.2, 0) is 14.3 Å². The summed E-state index contributed by atoms with van der Waals surface area (Å²) in [6, 6.07) is 15.4. The van der Waals surface area contributed by atoms with Crippen LogP contribution in [0.5, 0.6) is 5.75 Å². The molecule has 3 atom stereocenters. The maximum Gasteiger partial charge on any atom is 0.348 e. The van der Waals surface area contributed by atoms with Gasteiger partial charge in [-0.1, -0.05) is 48.5 Å². The van der Waals surface area contributed by atoms with Crippen LogP contribution >= 0.6 is 0 Å². The lowest BCUT2D eigenvalue weighted by molar-refractivity contribution is -0.194. The number of ketones is 1. The molecule has 0 spiro atoms. The zero-order chi connectivity index (χ0) is 23.6. The minimum absolute atomic E-state index is 0.233. The summed E-state index contributed by atoms with van der Waals surface area (Å²) in [5.41, 5.74) is -5.14. The lowest BCUT2D eigenvalue weighted by Gasteiger charge is -2.46. The van der Waals surface area contributed by atoms with Gasteiger partial charge in [0.05, 0.1) is 7.11 Å². The normalized spacial score (nSPS) is 26.2. The summed E-state index contributed by atoms with van der Waals surface area (Å²) in [5.74, 6) is -2.21. The van der Waals surface area contributed by atoms with Crippen molar-refractivity contribution in [1.82, 2.24) is 0 Å². The van der Waals surface area contributed by atoms with Gasteiger partial charge in [0, 0.05) is 18.8 Å². The van der Waals surface area contributed by atoms with Gasteiger partial charge in [-0.2, -0.15) is 0 Å². The van der Waals surface area contributed by atoms with Crippen LogP contribution < -0.4 is 4.74 Å². The highest BCUT2D eigenvalue weighted by Gasteiger charge is 2.66. The zero-order valence-electron chi connectivity index (χ0n) is 18.8. The molecule has 1 saturated carbocycles. The Labute approximate surface area is 187 Å². The van der Waals surface area contributed by atoms with E-state index in [2.05, 4.69) is 0 Å². The van der Waals surface area contributed by atoms with Crippen molar-refractivity contribution in [2.45, 2.75) is 56.4 Å². The maximum atomic E-state index is 17.0. The smallest absolute Gasteiger partial charge is 0.348 e. The van der Waals surface area contributed by atoms with Crippen LogP contribution in [0.25, 0.3) is 6.08 Å². The van der Waals surface area contributed by atoms with Crippen molar-refractivity contribution in [3.8, 4) is 5.75 Å². The van der Waals surface area contributed by atoms with Crippen molar-refractivity contribution in [3.05, 3.63) is 71.8 Å². The topological polar surface area (TPSA) is 72.8 Å². The molecule has 5 nitrogen and oxygen atoms in total. The van der Waals surface area contributed by atoms with E-state index in [4.69, 9.17) is 9.47 Å². The fourth-order valence-corrected chi connectivity index (χ4v) is 4.00. The van der Waals surface area contributed by atoms with Crippen molar-refractivity contribution < 1.29 is 28.6 Å². The SMILES string of the molecule is COc1ccc([C@@H]2CC(=O)C[C@](O)(/C=C/c3ccccc3)[C@@]2(F)C(=O)OC(C)(C)C)cc1. The van der Waals surface area contributed by atoms with E-state index in [0.717, 1.165) is 0 Å². The molecule has 2 aromatic rings. The third-order valence-corrected chi connectivity index (χ3v) is 5.57. The highest BCUT2D eigenvalue weighted by atomic mass is 19.1. The molecule has 0 bridgehead atoms. The fourth-order valence-electron chi connectivity index (χ4n) is 4.00. The Morgan fingerprint density at radius 3 is 2.31 bits per heavy atom. The highest BCUT2D eigenvalue weighted by Crippen LogP contribution is 2.50. The molecule has 0 radical (unpaired) electrons. The Morgan fingerprint density at radius 1 is 1.12 bits per heavy atom. The van der Waals surface area contributed by atoms with Crippen LogP contribution in [0.4, 0.5) is 4.39 Å². The van der Waals surface area contributed by atoms with Gasteiger partial charge in [0.2, 0.25) is 5.67 Å². The van der Waals surface area contributed by atoms with Crippen LogP contribution in [0.3, 0.4) is 0 Å². The zero-order valence-corrected chi connectivity index (χ0v) is 18.8. The van der Waals surface area contributed by atoms with Gasteiger partial charge in [0.1, 0.15) is 22.7 Å². The van der Waals surface area contributed by atoms with Gasteiger partial charge in [-0.25, -0.2) is 9.18 Å². The number of alkyl halides is 1. The average Bonchev–Trinajstić information content (AvgIpc) is 2.74. The first-order valence-corrected chi connectivity index (χ1v) is 10.5. The molecule has 2 aromatic carbocycles. The van der Waals surface area contributed by atoms with E-state index >= 15 is 4.39 Å². The van der Waals surface area contributed by atoms with E-state index in [9.17, 15) is 14.7 Å². The number of benzene rings is 2. The van der Waals surface area contributed by atoms with Crippen LogP contribution in [0.1, 0.15) is 50.7 Å². The third kappa shape index (κ3) is 4.75. The Morgan fingerprint density at radius 2 is 1.75 bits per heavy atom. The Hall–Kier alpha value is -2.99. The summed E-state index contributed by atoms with van der Waals surface area (Å²) >= 11 is 0. The number of halogens is 1. The summed E-state index contributed by atoms with van der Waals surface area (Å²) < 4.78 is 27.6. The second-order valence-corrected chi connectivity index (χ2v) is 9.13. The molecule has 1 aliphatic rings. The molecule has 0 amide bonds. The number of Topliss-reactive ketones (excluding diaryl/α,β-unsaturated/α-hetero) is 1. The van der Waals surface area contributed by atoms with Gasteiger partial charge in [-0.05, 0) is 50.1 Å². The molecule has 0 saturated heterocycles. The van der Waals surface area contributed by atoms with E-state index in [0.29, 0.717) is 16.9 Å². The van der Waals surface area contributed by atoms with Gasteiger partial charge in [0.15, 0.2) is 0 Å². The second kappa shape index (κ2) is 8.87. The number of hydrogen-bond acceptors (Lipinski definition) is 5. The predicted octanol–water partition coefficient (Wildman–Crippen LogP) is 4.64. The van der Waals surface area contributed by atoms with E-state index in [1.165, 1.54) is 19.3 Å².